The Morgan fingerprint density at radius 2 is 2.04 bits per heavy atom. The van der Waals surface area contributed by atoms with Crippen molar-refractivity contribution < 1.29 is 8.42 Å². The Morgan fingerprint density at radius 1 is 1.21 bits per heavy atom. The SMILES string of the molecule is C#Cc1cccc(NS(=O)(=O)c2ccc(-n3cnnn3)c(C)c2)c1. The van der Waals surface area contributed by atoms with E-state index in [-0.39, 0.29) is 4.90 Å². The van der Waals surface area contributed by atoms with Crippen molar-refractivity contribution in [1.29, 1.82) is 0 Å². The first-order valence-electron chi connectivity index (χ1n) is 6.93. The number of nitrogens with one attached hydrogen (secondary N) is 1. The first-order chi connectivity index (χ1) is 11.5. The maximum atomic E-state index is 12.5. The molecule has 1 heterocycles. The second-order valence-electron chi connectivity index (χ2n) is 5.03. The molecule has 2 aromatic carbocycles. The van der Waals surface area contributed by atoms with E-state index in [2.05, 4.69) is 26.2 Å². The lowest BCUT2D eigenvalue weighted by atomic mass is 10.2. The Morgan fingerprint density at radius 3 is 2.71 bits per heavy atom. The Balaban J connectivity index is 1.92. The lowest BCUT2D eigenvalue weighted by Gasteiger charge is -2.11. The predicted molar refractivity (Wildman–Crippen MR) is 89.1 cm³/mol. The highest BCUT2D eigenvalue weighted by atomic mass is 32.2. The molecule has 120 valence electrons. The van der Waals surface area contributed by atoms with Crippen molar-refractivity contribution in [2.45, 2.75) is 11.8 Å². The zero-order chi connectivity index (χ0) is 17.2. The summed E-state index contributed by atoms with van der Waals surface area (Å²) in [7, 11) is -3.73. The summed E-state index contributed by atoms with van der Waals surface area (Å²) in [5, 5.41) is 10.9. The molecule has 0 aliphatic carbocycles. The van der Waals surface area contributed by atoms with E-state index in [0.29, 0.717) is 16.9 Å². The number of terminal acetylenes is 1. The molecule has 1 N–H and O–H groups in total. The standard InChI is InChI=1S/C16H13N5O2S/c1-3-13-5-4-6-14(10-13)18-24(22,23)15-7-8-16(12(2)9-15)21-11-17-19-20-21/h1,4-11,18H,2H3. The van der Waals surface area contributed by atoms with Gasteiger partial charge in [0.1, 0.15) is 6.33 Å². The molecule has 0 saturated heterocycles. The van der Waals surface area contributed by atoms with Crippen LogP contribution < -0.4 is 4.72 Å². The van der Waals surface area contributed by atoms with Gasteiger partial charge in [-0.05, 0) is 59.3 Å². The van der Waals surface area contributed by atoms with Crippen LogP contribution in [0.5, 0.6) is 0 Å². The van der Waals surface area contributed by atoms with Gasteiger partial charge in [0.2, 0.25) is 0 Å². The minimum absolute atomic E-state index is 0.142. The van der Waals surface area contributed by atoms with Gasteiger partial charge in [-0.1, -0.05) is 12.0 Å². The highest BCUT2D eigenvalue weighted by molar-refractivity contribution is 7.92. The first-order valence-corrected chi connectivity index (χ1v) is 8.41. The second-order valence-corrected chi connectivity index (χ2v) is 6.72. The van der Waals surface area contributed by atoms with Gasteiger partial charge in [0.25, 0.3) is 10.0 Å². The highest BCUT2D eigenvalue weighted by Crippen LogP contribution is 2.21. The number of tetrazole rings is 1. The normalized spacial score (nSPS) is 11.0. The van der Waals surface area contributed by atoms with E-state index in [4.69, 9.17) is 6.42 Å². The van der Waals surface area contributed by atoms with Crippen LogP contribution in [0.4, 0.5) is 5.69 Å². The molecular weight excluding hydrogens is 326 g/mol. The molecule has 0 atom stereocenters. The third kappa shape index (κ3) is 3.11. The van der Waals surface area contributed by atoms with Crippen LogP contribution in [0.1, 0.15) is 11.1 Å². The van der Waals surface area contributed by atoms with E-state index in [1.807, 2.05) is 0 Å². The summed E-state index contributed by atoms with van der Waals surface area (Å²) >= 11 is 0. The first kappa shape index (κ1) is 15.7. The summed E-state index contributed by atoms with van der Waals surface area (Å²) in [6.07, 6.45) is 6.78. The molecule has 1 aromatic heterocycles. The third-order valence-corrected chi connectivity index (χ3v) is 4.73. The molecule has 0 aliphatic rings. The third-order valence-electron chi connectivity index (χ3n) is 3.36. The lowest BCUT2D eigenvalue weighted by molar-refractivity contribution is 0.601. The fourth-order valence-corrected chi connectivity index (χ4v) is 3.34. The average Bonchev–Trinajstić information content (AvgIpc) is 3.08. The predicted octanol–water partition coefficient (Wildman–Crippen LogP) is 1.75. The van der Waals surface area contributed by atoms with Gasteiger partial charge in [-0.25, -0.2) is 13.1 Å². The molecule has 0 amide bonds. The van der Waals surface area contributed by atoms with Gasteiger partial charge in [0.15, 0.2) is 0 Å². The van der Waals surface area contributed by atoms with Gasteiger partial charge in [0.05, 0.1) is 16.3 Å². The smallest absolute Gasteiger partial charge is 0.261 e. The molecule has 3 aromatic rings. The summed E-state index contributed by atoms with van der Waals surface area (Å²) < 4.78 is 29.1. The van der Waals surface area contributed by atoms with Crippen molar-refractivity contribution in [3.63, 3.8) is 0 Å². The number of hydrogen-bond acceptors (Lipinski definition) is 5. The number of aryl methyl sites for hydroxylation is 1. The quantitative estimate of drug-likeness (QED) is 0.732. The number of sulfonamides is 1. The average molecular weight is 339 g/mol. The Hall–Kier alpha value is -3.18. The maximum absolute atomic E-state index is 12.5. The van der Waals surface area contributed by atoms with Gasteiger partial charge in [-0.15, -0.1) is 11.5 Å². The number of anilines is 1. The van der Waals surface area contributed by atoms with E-state index in [9.17, 15) is 8.42 Å². The number of benzene rings is 2. The molecule has 0 unspecified atom stereocenters. The van der Waals surface area contributed by atoms with E-state index in [1.165, 1.54) is 17.1 Å². The summed E-state index contributed by atoms with van der Waals surface area (Å²) in [5.74, 6) is 2.47. The number of rotatable bonds is 4. The summed E-state index contributed by atoms with van der Waals surface area (Å²) in [5.41, 5.74) is 2.43. The number of nitrogens with zero attached hydrogens (tertiary/aromatic N) is 4. The molecule has 0 saturated carbocycles. The van der Waals surface area contributed by atoms with Crippen LogP contribution in [0.2, 0.25) is 0 Å². The highest BCUT2D eigenvalue weighted by Gasteiger charge is 2.16. The molecule has 7 nitrogen and oxygen atoms in total. The van der Waals surface area contributed by atoms with Gasteiger partial charge in [-0.2, -0.15) is 0 Å². The molecule has 0 fully saturated rings. The zero-order valence-corrected chi connectivity index (χ0v) is 13.5. The molecule has 8 heteroatoms. The van der Waals surface area contributed by atoms with Crippen molar-refractivity contribution in [3.8, 4) is 18.0 Å². The lowest BCUT2D eigenvalue weighted by Crippen LogP contribution is -2.13. The van der Waals surface area contributed by atoms with Crippen molar-refractivity contribution in [3.05, 3.63) is 59.9 Å². The largest absolute Gasteiger partial charge is 0.280 e. The van der Waals surface area contributed by atoms with E-state index in [0.717, 1.165) is 5.56 Å². The molecule has 3 rings (SSSR count). The fourth-order valence-electron chi connectivity index (χ4n) is 2.21. The second kappa shape index (κ2) is 6.14. The molecule has 24 heavy (non-hydrogen) atoms. The molecule has 0 bridgehead atoms. The van der Waals surface area contributed by atoms with Crippen LogP contribution >= 0.6 is 0 Å². The van der Waals surface area contributed by atoms with Crippen LogP contribution in [0.3, 0.4) is 0 Å². The topological polar surface area (TPSA) is 89.8 Å². The Labute approximate surface area is 139 Å². The summed E-state index contributed by atoms with van der Waals surface area (Å²) in [4.78, 5) is 0.142. The van der Waals surface area contributed by atoms with Crippen LogP contribution in [0.15, 0.2) is 53.7 Å². The number of hydrogen-bond donors (Lipinski definition) is 1. The van der Waals surface area contributed by atoms with Crippen molar-refractivity contribution in [1.82, 2.24) is 20.2 Å². The Kier molecular flexibility index (Phi) is 4.02. The minimum atomic E-state index is -3.73. The van der Waals surface area contributed by atoms with Crippen LogP contribution in [0, 0.1) is 19.3 Å². The molecular formula is C16H13N5O2S. The van der Waals surface area contributed by atoms with Gasteiger partial charge < -0.3 is 0 Å². The van der Waals surface area contributed by atoms with Gasteiger partial charge in [-0.3, -0.25) is 4.72 Å². The van der Waals surface area contributed by atoms with E-state index in [1.54, 1.807) is 43.3 Å². The van der Waals surface area contributed by atoms with Crippen molar-refractivity contribution in [2.24, 2.45) is 0 Å². The minimum Gasteiger partial charge on any atom is -0.280 e. The van der Waals surface area contributed by atoms with Crippen LogP contribution in [-0.4, -0.2) is 28.6 Å². The van der Waals surface area contributed by atoms with Gasteiger partial charge in [0, 0.05) is 5.56 Å². The maximum Gasteiger partial charge on any atom is 0.261 e. The molecule has 0 aliphatic heterocycles. The van der Waals surface area contributed by atoms with Crippen LogP contribution in [-0.2, 0) is 10.0 Å². The zero-order valence-electron chi connectivity index (χ0n) is 12.7. The number of aromatic nitrogens is 4. The van der Waals surface area contributed by atoms with E-state index < -0.39 is 10.0 Å². The van der Waals surface area contributed by atoms with Crippen LogP contribution in [0.25, 0.3) is 5.69 Å². The fraction of sp³-hybridized carbons (Fsp3) is 0.0625. The molecule has 0 spiro atoms. The van der Waals surface area contributed by atoms with Gasteiger partial charge >= 0.3 is 0 Å². The molecule has 0 radical (unpaired) electrons. The van der Waals surface area contributed by atoms with Crippen molar-refractivity contribution in [2.75, 3.05) is 4.72 Å². The Bertz CT molecular complexity index is 1020. The van der Waals surface area contributed by atoms with E-state index >= 15 is 0 Å². The summed E-state index contributed by atoms with van der Waals surface area (Å²) in [6, 6.07) is 11.4. The summed E-state index contributed by atoms with van der Waals surface area (Å²) in [6.45, 7) is 1.79. The monoisotopic (exact) mass is 339 g/mol. The van der Waals surface area contributed by atoms with Crippen molar-refractivity contribution >= 4 is 15.7 Å².